The zero-order chi connectivity index (χ0) is 40.6. The van der Waals surface area contributed by atoms with E-state index in [4.69, 9.17) is 0 Å². The van der Waals surface area contributed by atoms with Crippen molar-refractivity contribution >= 4 is 43.1 Å². The highest BCUT2D eigenvalue weighted by atomic mass is 14.5. The summed E-state index contributed by atoms with van der Waals surface area (Å²) in [6.07, 6.45) is 46.2. The number of fused-ring (bicyclic) bond motifs is 2. The van der Waals surface area contributed by atoms with Crippen LogP contribution in [0.2, 0.25) is 0 Å². The second kappa shape index (κ2) is 27.0. The first-order chi connectivity index (χ1) is 28.7. The maximum absolute atomic E-state index is 9.49. The van der Waals surface area contributed by atoms with Crippen molar-refractivity contribution in [3.63, 3.8) is 0 Å². The summed E-state index contributed by atoms with van der Waals surface area (Å²) in [6.45, 7) is 4.60. The summed E-state index contributed by atoms with van der Waals surface area (Å²) in [5.74, 6) is 0. The standard InChI is InChI=1S/C56H84N2/c1-3-5-7-9-11-13-15-17-19-21-23-25-27-29-31-33-37-46-43-44-48-47-41-35-38-45-39-36-42-49(51(45)47)54-53(48)52(46)50(55(57)56(54)58)40-34-32-30-28-26-24-22-20-18-16-14-12-10-8-6-4-2/h35-36,38-39,41-44,57-58H,3-34,37,40H2,1-2H3. The molecule has 0 unspecified atom stereocenters. The van der Waals surface area contributed by atoms with Crippen LogP contribution in [0.4, 0.5) is 0 Å². The second-order valence-corrected chi connectivity index (χ2v) is 18.4. The number of hydrogen-bond acceptors (Lipinski definition) is 2. The fraction of sp³-hybridized carbons (Fsp3) is 0.643. The Morgan fingerprint density at radius 1 is 0.310 bits per heavy atom. The van der Waals surface area contributed by atoms with Gasteiger partial charge in [0.25, 0.3) is 0 Å². The fourth-order valence-corrected chi connectivity index (χ4v) is 10.2. The predicted octanol–water partition coefficient (Wildman–Crippen LogP) is 17.7. The zero-order valence-corrected chi connectivity index (χ0v) is 37.7. The van der Waals surface area contributed by atoms with Gasteiger partial charge in [0.15, 0.2) is 0 Å². The first kappa shape index (κ1) is 46.1. The van der Waals surface area contributed by atoms with Gasteiger partial charge in [0.05, 0.1) is 10.7 Å². The van der Waals surface area contributed by atoms with Crippen molar-refractivity contribution in [2.24, 2.45) is 0 Å². The molecule has 5 aromatic rings. The van der Waals surface area contributed by atoms with E-state index < -0.39 is 0 Å². The number of hydrogen-bond donors (Lipinski definition) is 2. The minimum atomic E-state index is 0.432. The average molecular weight is 785 g/mol. The van der Waals surface area contributed by atoms with E-state index in [0.717, 1.165) is 35.6 Å². The third-order valence-electron chi connectivity index (χ3n) is 13.7. The minimum absolute atomic E-state index is 0.432. The molecule has 0 saturated carbocycles. The first-order valence-electron chi connectivity index (χ1n) is 25.3. The molecule has 0 radical (unpaired) electrons. The maximum atomic E-state index is 9.49. The van der Waals surface area contributed by atoms with Gasteiger partial charge in [-0.2, -0.15) is 0 Å². The normalized spacial score (nSPS) is 12.0. The monoisotopic (exact) mass is 785 g/mol. The van der Waals surface area contributed by atoms with Crippen LogP contribution in [0.5, 0.6) is 0 Å². The van der Waals surface area contributed by atoms with Crippen LogP contribution >= 0.6 is 0 Å². The first-order valence-corrected chi connectivity index (χ1v) is 25.3. The highest BCUT2D eigenvalue weighted by Gasteiger charge is 2.20. The lowest BCUT2D eigenvalue weighted by atomic mass is 9.84. The lowest BCUT2D eigenvalue weighted by molar-refractivity contribution is 0.529. The molecule has 0 aromatic heterocycles. The van der Waals surface area contributed by atoms with Gasteiger partial charge < -0.3 is 0 Å². The van der Waals surface area contributed by atoms with Crippen LogP contribution in [0.3, 0.4) is 0 Å². The lowest BCUT2D eigenvalue weighted by Crippen LogP contribution is -2.29. The highest BCUT2D eigenvalue weighted by molar-refractivity contribution is 6.33. The largest absolute Gasteiger partial charge is 0.298 e. The zero-order valence-electron chi connectivity index (χ0n) is 37.7. The molecule has 2 N–H and O–H groups in total. The summed E-state index contributed by atoms with van der Waals surface area (Å²) in [5.41, 5.74) is 2.56. The molecule has 0 aliphatic heterocycles. The van der Waals surface area contributed by atoms with Crippen molar-refractivity contribution in [2.75, 3.05) is 0 Å². The van der Waals surface area contributed by atoms with Crippen LogP contribution in [0, 0.1) is 10.8 Å². The van der Waals surface area contributed by atoms with E-state index in [9.17, 15) is 10.8 Å². The molecule has 2 heteroatoms. The van der Waals surface area contributed by atoms with Crippen molar-refractivity contribution in [1.82, 2.24) is 0 Å². The molecule has 2 nitrogen and oxygen atoms in total. The van der Waals surface area contributed by atoms with Gasteiger partial charge in [0.2, 0.25) is 0 Å². The molecule has 318 valence electrons. The van der Waals surface area contributed by atoms with Gasteiger partial charge in [-0.15, -0.1) is 0 Å². The van der Waals surface area contributed by atoms with E-state index in [-0.39, 0.29) is 0 Å². The Balaban J connectivity index is 1.13. The van der Waals surface area contributed by atoms with Gasteiger partial charge in [0, 0.05) is 10.8 Å². The third-order valence-corrected chi connectivity index (χ3v) is 13.7. The molecule has 58 heavy (non-hydrogen) atoms. The SMILES string of the molecule is CCCCCCCCCCCCCCCCCCc1ccc2c3cccc4cccc(c5c(=N)c(=N)c(CCCCCCCCCCCCCCCCCC)c1c25)c43. The van der Waals surface area contributed by atoms with Gasteiger partial charge in [-0.3, -0.25) is 10.8 Å². The molecule has 0 amide bonds. The smallest absolute Gasteiger partial charge is 0.0877 e. The van der Waals surface area contributed by atoms with Gasteiger partial charge >= 0.3 is 0 Å². The Morgan fingerprint density at radius 3 is 1.14 bits per heavy atom. The quantitative estimate of drug-likeness (QED) is 0.0237. The van der Waals surface area contributed by atoms with Gasteiger partial charge in [-0.1, -0.05) is 255 Å². The van der Waals surface area contributed by atoms with E-state index >= 15 is 0 Å². The van der Waals surface area contributed by atoms with Gasteiger partial charge in [-0.05, 0) is 69.1 Å². The molecule has 0 aliphatic rings. The second-order valence-electron chi connectivity index (χ2n) is 18.4. The Kier molecular flexibility index (Phi) is 21.4. The Labute approximate surface area is 355 Å². The Morgan fingerprint density at radius 2 is 0.690 bits per heavy atom. The van der Waals surface area contributed by atoms with Crippen molar-refractivity contribution < 1.29 is 0 Å². The molecule has 0 aliphatic carbocycles. The molecule has 5 rings (SSSR count). The lowest BCUT2D eigenvalue weighted by Gasteiger charge is -2.19. The van der Waals surface area contributed by atoms with Crippen LogP contribution < -0.4 is 10.7 Å². The van der Waals surface area contributed by atoms with E-state index in [1.807, 2.05) is 0 Å². The van der Waals surface area contributed by atoms with E-state index in [0.29, 0.717) is 10.7 Å². The fourth-order valence-electron chi connectivity index (χ4n) is 10.2. The predicted molar refractivity (Wildman–Crippen MR) is 257 cm³/mol. The van der Waals surface area contributed by atoms with Crippen LogP contribution in [-0.4, -0.2) is 0 Å². The molecular formula is C56H84N2. The summed E-state index contributed by atoms with van der Waals surface area (Å²) in [4.78, 5) is 0. The minimum Gasteiger partial charge on any atom is -0.298 e. The van der Waals surface area contributed by atoms with E-state index in [1.165, 1.54) is 237 Å². The summed E-state index contributed by atoms with van der Waals surface area (Å²) in [6, 6.07) is 18.0. The van der Waals surface area contributed by atoms with E-state index in [1.54, 1.807) is 0 Å². The summed E-state index contributed by atoms with van der Waals surface area (Å²) >= 11 is 0. The van der Waals surface area contributed by atoms with Crippen LogP contribution in [0.15, 0.2) is 48.5 Å². The Bertz CT molecular complexity index is 1970. The summed E-state index contributed by atoms with van der Waals surface area (Å²) in [7, 11) is 0. The molecule has 5 aromatic carbocycles. The van der Waals surface area contributed by atoms with Crippen LogP contribution in [0.25, 0.3) is 43.1 Å². The number of aryl methyl sites for hydroxylation is 2. The van der Waals surface area contributed by atoms with Gasteiger partial charge in [0.1, 0.15) is 0 Å². The third kappa shape index (κ3) is 13.8. The number of nitrogens with one attached hydrogen (secondary N) is 2. The number of rotatable bonds is 34. The summed E-state index contributed by atoms with van der Waals surface area (Å²) in [5, 5.41) is 29.7. The molecular weight excluding hydrogens is 701 g/mol. The van der Waals surface area contributed by atoms with Crippen molar-refractivity contribution in [1.29, 1.82) is 10.8 Å². The average Bonchev–Trinajstić information content (AvgIpc) is 3.24. The number of benzene rings is 5. The molecule has 0 heterocycles. The molecule has 0 bridgehead atoms. The van der Waals surface area contributed by atoms with Crippen molar-refractivity contribution in [3.05, 3.63) is 70.4 Å². The summed E-state index contributed by atoms with van der Waals surface area (Å²) < 4.78 is 0. The molecule has 0 saturated heterocycles. The van der Waals surface area contributed by atoms with Crippen molar-refractivity contribution in [3.8, 4) is 0 Å². The Hall–Kier alpha value is -3.00. The number of unbranched alkanes of at least 4 members (excludes halogenated alkanes) is 30. The van der Waals surface area contributed by atoms with E-state index in [2.05, 4.69) is 62.4 Å². The molecule has 0 spiro atoms. The molecule has 0 fully saturated rings. The van der Waals surface area contributed by atoms with Crippen LogP contribution in [-0.2, 0) is 12.8 Å². The maximum Gasteiger partial charge on any atom is 0.0877 e. The topological polar surface area (TPSA) is 47.7 Å². The van der Waals surface area contributed by atoms with Gasteiger partial charge in [-0.25, -0.2) is 0 Å². The highest BCUT2D eigenvalue weighted by Crippen LogP contribution is 2.40. The van der Waals surface area contributed by atoms with Crippen LogP contribution in [0.1, 0.15) is 230 Å². The molecule has 0 atom stereocenters. The van der Waals surface area contributed by atoms with Crippen molar-refractivity contribution in [2.45, 2.75) is 232 Å².